The van der Waals surface area contributed by atoms with Gasteiger partial charge in [0, 0.05) is 17.1 Å². The number of rotatable bonds is 6. The molecule has 1 aliphatic rings. The van der Waals surface area contributed by atoms with Crippen molar-refractivity contribution in [3.8, 4) is 5.75 Å². The average Bonchev–Trinajstić information content (AvgIpc) is 2.91. The molecular weight excluding hydrogens is 491 g/mol. The van der Waals surface area contributed by atoms with Gasteiger partial charge in [0.2, 0.25) is 0 Å². The molecule has 0 atom stereocenters. The third kappa shape index (κ3) is 5.71. The Morgan fingerprint density at radius 3 is 2.43 bits per heavy atom. The lowest BCUT2D eigenvalue weighted by atomic mass is 10.1. The van der Waals surface area contributed by atoms with Crippen molar-refractivity contribution in [2.75, 3.05) is 4.90 Å². The standard InChI is InChI=1S/C30H22ClFN2O3/c31-24-14-10-21(11-15-24)18-33-29(35)23-12-8-20(9-13-23)17-28-30(36)34(19-22-4-3-5-25(32)16-22)26-6-1-2-7-27(26)37-28/h1-17H,18-19H2,(H,33,35)/b28-17-. The molecule has 0 aromatic heterocycles. The number of nitrogens with zero attached hydrogens (tertiary/aromatic N) is 1. The Kier molecular flexibility index (Phi) is 7.01. The quantitative estimate of drug-likeness (QED) is 0.305. The fraction of sp³-hybridized carbons (Fsp3) is 0.0667. The molecule has 0 spiro atoms. The number of halogens is 2. The predicted octanol–water partition coefficient (Wildman–Crippen LogP) is 6.38. The molecule has 0 fully saturated rings. The van der Waals surface area contributed by atoms with E-state index in [2.05, 4.69) is 5.32 Å². The minimum absolute atomic E-state index is 0.134. The normalized spacial score (nSPS) is 13.7. The third-order valence-corrected chi connectivity index (χ3v) is 6.15. The van der Waals surface area contributed by atoms with Crippen LogP contribution in [0.2, 0.25) is 5.02 Å². The Morgan fingerprint density at radius 1 is 0.919 bits per heavy atom. The van der Waals surface area contributed by atoms with Crippen molar-refractivity contribution >= 4 is 35.2 Å². The fourth-order valence-electron chi connectivity index (χ4n) is 4.01. The Morgan fingerprint density at radius 2 is 1.68 bits per heavy atom. The Balaban J connectivity index is 1.33. The molecule has 4 aromatic carbocycles. The molecule has 37 heavy (non-hydrogen) atoms. The zero-order valence-electron chi connectivity index (χ0n) is 19.7. The van der Waals surface area contributed by atoms with Gasteiger partial charge in [-0.1, -0.05) is 60.1 Å². The lowest BCUT2D eigenvalue weighted by Crippen LogP contribution is -2.36. The molecule has 5 nitrogen and oxygen atoms in total. The summed E-state index contributed by atoms with van der Waals surface area (Å²) in [4.78, 5) is 27.5. The minimum atomic E-state index is -0.362. The van der Waals surface area contributed by atoms with E-state index in [0.29, 0.717) is 39.7 Å². The largest absolute Gasteiger partial charge is 0.449 e. The highest BCUT2D eigenvalue weighted by Gasteiger charge is 2.30. The number of ether oxygens (including phenoxy) is 1. The Hall–Kier alpha value is -4.42. The van der Waals surface area contributed by atoms with E-state index in [1.807, 2.05) is 24.3 Å². The van der Waals surface area contributed by atoms with Gasteiger partial charge in [0.05, 0.1) is 12.2 Å². The van der Waals surface area contributed by atoms with E-state index >= 15 is 0 Å². The van der Waals surface area contributed by atoms with Gasteiger partial charge >= 0.3 is 0 Å². The first-order valence-corrected chi connectivity index (χ1v) is 12.0. The van der Waals surface area contributed by atoms with Gasteiger partial charge in [-0.15, -0.1) is 0 Å². The average molecular weight is 513 g/mol. The van der Waals surface area contributed by atoms with Crippen LogP contribution in [0.1, 0.15) is 27.0 Å². The third-order valence-electron chi connectivity index (χ3n) is 5.90. The molecule has 1 heterocycles. The summed E-state index contributed by atoms with van der Waals surface area (Å²) in [7, 11) is 0. The summed E-state index contributed by atoms with van der Waals surface area (Å²) >= 11 is 5.90. The maximum Gasteiger partial charge on any atom is 0.294 e. The van der Waals surface area contributed by atoms with Crippen LogP contribution in [0.3, 0.4) is 0 Å². The van der Waals surface area contributed by atoms with Gasteiger partial charge < -0.3 is 10.1 Å². The fourth-order valence-corrected chi connectivity index (χ4v) is 4.13. The zero-order valence-corrected chi connectivity index (χ0v) is 20.4. The summed E-state index contributed by atoms with van der Waals surface area (Å²) in [6.07, 6.45) is 1.63. The number of fused-ring (bicyclic) bond motifs is 1. The van der Waals surface area contributed by atoms with Gasteiger partial charge in [-0.3, -0.25) is 14.5 Å². The molecule has 0 saturated heterocycles. The second-order valence-electron chi connectivity index (χ2n) is 8.53. The topological polar surface area (TPSA) is 58.6 Å². The lowest BCUT2D eigenvalue weighted by Gasteiger charge is -2.30. The summed E-state index contributed by atoms with van der Waals surface area (Å²) in [5, 5.41) is 3.52. The van der Waals surface area contributed by atoms with Crippen LogP contribution in [-0.2, 0) is 17.9 Å². The number of benzene rings is 4. The SMILES string of the molecule is O=C(NCc1ccc(Cl)cc1)c1ccc(/C=C2\Oc3ccccc3N(Cc3cccc(F)c3)C2=O)cc1. The first-order valence-electron chi connectivity index (χ1n) is 11.6. The molecule has 0 bridgehead atoms. The van der Waals surface area contributed by atoms with Crippen molar-refractivity contribution in [3.05, 3.63) is 136 Å². The molecule has 4 aromatic rings. The lowest BCUT2D eigenvalue weighted by molar-refractivity contribution is -0.117. The summed E-state index contributed by atoms with van der Waals surface area (Å²) < 4.78 is 19.7. The highest BCUT2D eigenvalue weighted by atomic mass is 35.5. The number of hydrogen-bond acceptors (Lipinski definition) is 3. The van der Waals surface area contributed by atoms with Crippen molar-refractivity contribution in [1.82, 2.24) is 5.32 Å². The molecular formula is C30H22ClFN2O3. The van der Waals surface area contributed by atoms with E-state index < -0.39 is 0 Å². The molecule has 0 aliphatic carbocycles. The highest BCUT2D eigenvalue weighted by Crippen LogP contribution is 2.36. The van der Waals surface area contributed by atoms with Crippen LogP contribution in [0.25, 0.3) is 6.08 Å². The Labute approximate surface area is 218 Å². The zero-order chi connectivity index (χ0) is 25.8. The van der Waals surface area contributed by atoms with Crippen LogP contribution in [0, 0.1) is 5.82 Å². The number of para-hydroxylation sites is 2. The second-order valence-corrected chi connectivity index (χ2v) is 8.97. The number of hydrogen-bond donors (Lipinski definition) is 1. The van der Waals surface area contributed by atoms with Crippen LogP contribution in [0.5, 0.6) is 5.75 Å². The Bertz CT molecular complexity index is 1480. The van der Waals surface area contributed by atoms with Crippen LogP contribution in [0.15, 0.2) is 103 Å². The maximum atomic E-state index is 13.7. The highest BCUT2D eigenvalue weighted by molar-refractivity contribution is 6.30. The van der Waals surface area contributed by atoms with E-state index in [4.69, 9.17) is 16.3 Å². The first kappa shape index (κ1) is 24.3. The molecule has 0 radical (unpaired) electrons. The van der Waals surface area contributed by atoms with Crippen molar-refractivity contribution in [3.63, 3.8) is 0 Å². The number of nitrogens with one attached hydrogen (secondary N) is 1. The number of carbonyl (C=O) groups is 2. The molecule has 5 rings (SSSR count). The summed E-state index contributed by atoms with van der Waals surface area (Å²) in [6.45, 7) is 0.575. The van der Waals surface area contributed by atoms with Gasteiger partial charge in [0.15, 0.2) is 11.5 Å². The summed E-state index contributed by atoms with van der Waals surface area (Å²) in [5.74, 6) is -0.250. The molecule has 7 heteroatoms. The molecule has 1 N–H and O–H groups in total. The second kappa shape index (κ2) is 10.7. The van der Waals surface area contributed by atoms with E-state index in [1.165, 1.54) is 12.1 Å². The van der Waals surface area contributed by atoms with Crippen molar-refractivity contribution < 1.29 is 18.7 Å². The molecule has 184 valence electrons. The number of carbonyl (C=O) groups excluding carboxylic acids is 2. The number of anilines is 1. The van der Waals surface area contributed by atoms with Crippen LogP contribution < -0.4 is 15.0 Å². The maximum absolute atomic E-state index is 13.7. The molecule has 1 aliphatic heterocycles. The molecule has 0 unspecified atom stereocenters. The van der Waals surface area contributed by atoms with Crippen LogP contribution in [0.4, 0.5) is 10.1 Å². The van der Waals surface area contributed by atoms with Gasteiger partial charge in [-0.25, -0.2) is 4.39 Å². The van der Waals surface area contributed by atoms with Crippen LogP contribution >= 0.6 is 11.6 Å². The smallest absolute Gasteiger partial charge is 0.294 e. The van der Waals surface area contributed by atoms with Gasteiger partial charge in [-0.2, -0.15) is 0 Å². The summed E-state index contributed by atoms with van der Waals surface area (Å²) in [5.41, 5.74) is 3.41. The first-order chi connectivity index (χ1) is 18.0. The van der Waals surface area contributed by atoms with Gasteiger partial charge in [-0.05, 0) is 71.3 Å². The predicted molar refractivity (Wildman–Crippen MR) is 142 cm³/mol. The monoisotopic (exact) mass is 512 g/mol. The van der Waals surface area contributed by atoms with E-state index in [9.17, 15) is 14.0 Å². The van der Waals surface area contributed by atoms with Crippen molar-refractivity contribution in [1.29, 1.82) is 0 Å². The van der Waals surface area contributed by atoms with E-state index in [-0.39, 0.29) is 29.9 Å². The van der Waals surface area contributed by atoms with Crippen molar-refractivity contribution in [2.45, 2.75) is 13.1 Å². The van der Waals surface area contributed by atoms with Gasteiger partial charge in [0.1, 0.15) is 5.82 Å². The van der Waals surface area contributed by atoms with Crippen molar-refractivity contribution in [2.24, 2.45) is 0 Å². The minimum Gasteiger partial charge on any atom is -0.449 e. The molecule has 2 amide bonds. The molecule has 0 saturated carbocycles. The van der Waals surface area contributed by atoms with Crippen LogP contribution in [-0.4, -0.2) is 11.8 Å². The summed E-state index contributed by atoms with van der Waals surface area (Å²) in [6, 6.07) is 27.5. The number of amides is 2. The van der Waals surface area contributed by atoms with Gasteiger partial charge in [0.25, 0.3) is 11.8 Å². The van der Waals surface area contributed by atoms with E-state index in [1.54, 1.807) is 71.6 Å². The van der Waals surface area contributed by atoms with E-state index in [0.717, 1.165) is 5.56 Å².